The summed E-state index contributed by atoms with van der Waals surface area (Å²) >= 11 is 0. The van der Waals surface area contributed by atoms with Gasteiger partial charge in [0.1, 0.15) is 0 Å². The largest absolute Gasteiger partial charge is 0.378 e. The van der Waals surface area contributed by atoms with Gasteiger partial charge in [-0.15, -0.1) is 0 Å². The maximum absolute atomic E-state index is 5.51. The SMILES string of the molecule is COC(C)(C)C/C=C/C(C)=C/C=C/C(C)=C/C/C=C(\C)CCCCC(C)CCCC(C)CCCC(C)/C=C/CC(C)(C)OC. The highest BCUT2D eigenvalue weighted by atomic mass is 16.5. The van der Waals surface area contributed by atoms with Crippen LogP contribution in [0, 0.1) is 17.8 Å². The van der Waals surface area contributed by atoms with E-state index in [9.17, 15) is 0 Å². The number of unbranched alkanes of at least 4 members (excludes halogenated alkanes) is 1. The van der Waals surface area contributed by atoms with E-state index in [-0.39, 0.29) is 11.2 Å². The Morgan fingerprint density at radius 3 is 1.77 bits per heavy atom. The first kappa shape index (κ1) is 42.4. The van der Waals surface area contributed by atoms with Crippen LogP contribution in [0.3, 0.4) is 0 Å². The molecule has 0 rings (SSSR count). The van der Waals surface area contributed by atoms with Crippen LogP contribution in [0.4, 0.5) is 0 Å². The highest BCUT2D eigenvalue weighted by molar-refractivity contribution is 5.27. The third-order valence-corrected chi connectivity index (χ3v) is 9.06. The number of hydrogen-bond donors (Lipinski definition) is 0. The van der Waals surface area contributed by atoms with Crippen molar-refractivity contribution in [3.8, 4) is 0 Å². The summed E-state index contributed by atoms with van der Waals surface area (Å²) in [4.78, 5) is 0. The summed E-state index contributed by atoms with van der Waals surface area (Å²) in [5.41, 5.74) is 3.95. The van der Waals surface area contributed by atoms with E-state index >= 15 is 0 Å². The van der Waals surface area contributed by atoms with Crippen molar-refractivity contribution >= 4 is 0 Å². The molecule has 0 heterocycles. The summed E-state index contributed by atoms with van der Waals surface area (Å²) in [7, 11) is 3.57. The fraction of sp³-hybridized carbons (Fsp3) is 0.714. The van der Waals surface area contributed by atoms with E-state index in [0.717, 1.165) is 31.1 Å². The van der Waals surface area contributed by atoms with E-state index in [1.54, 1.807) is 14.2 Å². The van der Waals surface area contributed by atoms with E-state index in [1.165, 1.54) is 80.9 Å². The average molecular weight is 611 g/mol. The molecular formula is C42H74O2. The Labute approximate surface area is 276 Å². The molecule has 0 amide bonds. The molecule has 0 N–H and O–H groups in total. The van der Waals surface area contributed by atoms with Crippen molar-refractivity contribution in [2.75, 3.05) is 14.2 Å². The zero-order valence-electron chi connectivity index (χ0n) is 31.4. The number of methoxy groups -OCH3 is 2. The van der Waals surface area contributed by atoms with Crippen molar-refractivity contribution < 1.29 is 9.47 Å². The van der Waals surface area contributed by atoms with E-state index in [0.29, 0.717) is 5.92 Å². The highest BCUT2D eigenvalue weighted by Gasteiger charge is 2.14. The zero-order valence-corrected chi connectivity index (χ0v) is 31.4. The molecule has 0 aromatic heterocycles. The number of allylic oxidation sites excluding steroid dienone is 10. The Morgan fingerprint density at radius 2 is 1.18 bits per heavy atom. The normalized spacial score (nSPS) is 16.5. The standard InChI is InChI=1S/C42H74O2/c1-35(23-15-25-37(3)27-17-29-39(5)31-19-33-41(7,8)43-11)21-13-14-22-36(2)24-16-26-38(4)28-18-30-40(6)32-20-34-42(9,10)44-12/h17,19-20,23,25,27,29,31-32,36,38,40H,13-16,18,21-22,24,26,28,30,33-34H2,1-12H3/b27-17+,31-19+,32-20+,35-23+,37-25+,39-29+. The summed E-state index contributed by atoms with van der Waals surface area (Å²) in [6.45, 7) is 22.4. The quantitative estimate of drug-likeness (QED) is 0.0581. The lowest BCUT2D eigenvalue weighted by atomic mass is 9.91. The molecule has 0 aliphatic rings. The highest BCUT2D eigenvalue weighted by Crippen LogP contribution is 2.23. The van der Waals surface area contributed by atoms with Crippen LogP contribution in [0.1, 0.15) is 153 Å². The van der Waals surface area contributed by atoms with Gasteiger partial charge in [-0.1, -0.05) is 137 Å². The molecule has 0 fully saturated rings. The fourth-order valence-corrected chi connectivity index (χ4v) is 5.19. The molecule has 0 aromatic carbocycles. The Morgan fingerprint density at radius 1 is 0.636 bits per heavy atom. The van der Waals surface area contributed by atoms with Gasteiger partial charge in [0.15, 0.2) is 0 Å². The third-order valence-electron chi connectivity index (χ3n) is 9.06. The third kappa shape index (κ3) is 25.7. The van der Waals surface area contributed by atoms with Gasteiger partial charge in [-0.25, -0.2) is 0 Å². The van der Waals surface area contributed by atoms with Crippen molar-refractivity contribution in [2.45, 2.75) is 164 Å². The minimum absolute atomic E-state index is 0.0496. The molecule has 3 unspecified atom stereocenters. The van der Waals surface area contributed by atoms with Gasteiger partial charge >= 0.3 is 0 Å². The first-order valence-corrected chi connectivity index (χ1v) is 17.8. The van der Waals surface area contributed by atoms with Gasteiger partial charge in [0.25, 0.3) is 0 Å². The van der Waals surface area contributed by atoms with Crippen molar-refractivity contribution in [1.82, 2.24) is 0 Å². The second-order valence-corrected chi connectivity index (χ2v) is 15.0. The lowest BCUT2D eigenvalue weighted by Crippen LogP contribution is -2.20. The number of hydrogen-bond acceptors (Lipinski definition) is 2. The van der Waals surface area contributed by atoms with Gasteiger partial charge < -0.3 is 9.47 Å². The summed E-state index contributed by atoms with van der Waals surface area (Å²) < 4.78 is 11.0. The maximum atomic E-state index is 5.51. The second kappa shape index (κ2) is 24.6. The maximum Gasteiger partial charge on any atom is 0.0657 e. The number of rotatable bonds is 25. The molecule has 2 heteroatoms. The molecule has 2 nitrogen and oxygen atoms in total. The summed E-state index contributed by atoms with van der Waals surface area (Å²) in [6.07, 6.45) is 36.7. The molecule has 0 aliphatic carbocycles. The van der Waals surface area contributed by atoms with Gasteiger partial charge in [-0.2, -0.15) is 0 Å². The molecular weight excluding hydrogens is 536 g/mol. The van der Waals surface area contributed by atoms with Crippen LogP contribution in [0.5, 0.6) is 0 Å². The Balaban J connectivity index is 4.07. The smallest absolute Gasteiger partial charge is 0.0657 e. The molecule has 0 saturated heterocycles. The lowest BCUT2D eigenvalue weighted by Gasteiger charge is -2.20. The Hall–Kier alpha value is -1.64. The van der Waals surface area contributed by atoms with Crippen LogP contribution in [-0.2, 0) is 9.47 Å². The van der Waals surface area contributed by atoms with Gasteiger partial charge in [-0.3, -0.25) is 0 Å². The lowest BCUT2D eigenvalue weighted by molar-refractivity contribution is 0.0251. The topological polar surface area (TPSA) is 18.5 Å². The van der Waals surface area contributed by atoms with Crippen molar-refractivity contribution in [3.63, 3.8) is 0 Å². The van der Waals surface area contributed by atoms with Crippen molar-refractivity contribution in [2.24, 2.45) is 17.8 Å². The summed E-state index contributed by atoms with van der Waals surface area (Å²) in [6, 6.07) is 0. The van der Waals surface area contributed by atoms with Gasteiger partial charge in [0.2, 0.25) is 0 Å². The van der Waals surface area contributed by atoms with Crippen LogP contribution in [0.25, 0.3) is 0 Å². The summed E-state index contributed by atoms with van der Waals surface area (Å²) in [5, 5.41) is 0. The monoisotopic (exact) mass is 611 g/mol. The average Bonchev–Trinajstić information content (AvgIpc) is 2.95. The van der Waals surface area contributed by atoms with Crippen molar-refractivity contribution in [3.05, 3.63) is 71.4 Å². The van der Waals surface area contributed by atoms with E-state index in [2.05, 4.69) is 124 Å². The first-order chi connectivity index (χ1) is 20.7. The predicted molar refractivity (Wildman–Crippen MR) is 198 cm³/mol. The molecule has 0 aliphatic heterocycles. The molecule has 0 spiro atoms. The molecule has 254 valence electrons. The minimum atomic E-state index is -0.102. The second-order valence-electron chi connectivity index (χ2n) is 15.0. The fourth-order valence-electron chi connectivity index (χ4n) is 5.19. The van der Waals surface area contributed by atoms with E-state index in [4.69, 9.17) is 9.47 Å². The van der Waals surface area contributed by atoms with E-state index < -0.39 is 0 Å². The van der Waals surface area contributed by atoms with Crippen molar-refractivity contribution in [1.29, 1.82) is 0 Å². The van der Waals surface area contributed by atoms with Crippen LogP contribution >= 0.6 is 0 Å². The first-order valence-electron chi connectivity index (χ1n) is 17.8. The minimum Gasteiger partial charge on any atom is -0.378 e. The molecule has 0 saturated carbocycles. The van der Waals surface area contributed by atoms with Gasteiger partial charge in [-0.05, 0) is 105 Å². The molecule has 44 heavy (non-hydrogen) atoms. The van der Waals surface area contributed by atoms with E-state index in [1.807, 2.05) is 0 Å². The molecule has 3 atom stereocenters. The van der Waals surface area contributed by atoms with Crippen LogP contribution in [-0.4, -0.2) is 25.4 Å². The molecule has 0 bridgehead atoms. The van der Waals surface area contributed by atoms with Gasteiger partial charge in [0, 0.05) is 14.2 Å². The Bertz CT molecular complexity index is 908. The Kier molecular flexibility index (Phi) is 23.7. The number of ether oxygens (including phenoxy) is 2. The van der Waals surface area contributed by atoms with Crippen LogP contribution in [0.15, 0.2) is 71.4 Å². The predicted octanol–water partition coefficient (Wildman–Crippen LogP) is 13.3. The molecule has 0 radical (unpaired) electrons. The zero-order chi connectivity index (χ0) is 33.4. The van der Waals surface area contributed by atoms with Gasteiger partial charge in [0.05, 0.1) is 11.2 Å². The summed E-state index contributed by atoms with van der Waals surface area (Å²) in [5.74, 6) is 2.38. The molecule has 0 aromatic rings. The van der Waals surface area contributed by atoms with Crippen LogP contribution < -0.4 is 0 Å². The van der Waals surface area contributed by atoms with Crippen LogP contribution in [0.2, 0.25) is 0 Å².